The van der Waals surface area contributed by atoms with Gasteiger partial charge in [0.2, 0.25) is 6.79 Å². The minimum Gasteiger partial charge on any atom is -0.507 e. The standard InChI is InChI=1S/C14H17NO5S/c1-18-14(17)13-7-15(2-3-21-13)6-9-4-11-12(5-10(9)16)20-8-19-11/h4-5,13,16H,2-3,6-8H2,1H3/p+1/t13-/m1/s1. The van der Waals surface area contributed by atoms with Crippen molar-refractivity contribution >= 4 is 17.7 Å². The molecule has 0 aliphatic carbocycles. The number of quaternary nitrogens is 1. The van der Waals surface area contributed by atoms with Gasteiger partial charge in [0.15, 0.2) is 16.7 Å². The second-order valence-electron chi connectivity index (χ2n) is 5.10. The van der Waals surface area contributed by atoms with E-state index in [9.17, 15) is 9.90 Å². The Hall–Kier alpha value is -1.60. The number of aromatic hydroxyl groups is 1. The van der Waals surface area contributed by atoms with Crippen LogP contribution in [0.25, 0.3) is 0 Å². The van der Waals surface area contributed by atoms with E-state index in [1.54, 1.807) is 17.8 Å². The molecule has 1 fully saturated rings. The third-order valence-electron chi connectivity index (χ3n) is 3.73. The van der Waals surface area contributed by atoms with Crippen molar-refractivity contribution in [1.82, 2.24) is 0 Å². The van der Waals surface area contributed by atoms with E-state index < -0.39 is 0 Å². The molecule has 2 atom stereocenters. The summed E-state index contributed by atoms with van der Waals surface area (Å²) in [6.07, 6.45) is 0. The van der Waals surface area contributed by atoms with Crippen LogP contribution in [0.2, 0.25) is 0 Å². The van der Waals surface area contributed by atoms with Crippen molar-refractivity contribution < 1.29 is 29.0 Å². The van der Waals surface area contributed by atoms with Crippen LogP contribution < -0.4 is 14.4 Å². The number of carbonyl (C=O) groups excluding carboxylic acids is 1. The van der Waals surface area contributed by atoms with Crippen LogP contribution in [-0.2, 0) is 16.1 Å². The van der Waals surface area contributed by atoms with Crippen molar-refractivity contribution in [2.45, 2.75) is 11.8 Å². The van der Waals surface area contributed by atoms with Gasteiger partial charge in [0.25, 0.3) is 0 Å². The van der Waals surface area contributed by atoms with E-state index in [1.807, 2.05) is 6.07 Å². The molecule has 1 aromatic rings. The quantitative estimate of drug-likeness (QED) is 0.753. The Balaban J connectivity index is 1.70. The molecule has 2 heterocycles. The van der Waals surface area contributed by atoms with Crippen LogP contribution in [0.15, 0.2) is 12.1 Å². The molecule has 21 heavy (non-hydrogen) atoms. The smallest absolute Gasteiger partial charge is 0.324 e. The molecule has 2 aliphatic heterocycles. The molecule has 2 aliphatic rings. The Morgan fingerprint density at radius 2 is 2.24 bits per heavy atom. The molecule has 1 saturated heterocycles. The molecule has 114 valence electrons. The average Bonchev–Trinajstić information content (AvgIpc) is 2.94. The number of ether oxygens (including phenoxy) is 3. The first-order chi connectivity index (χ1) is 10.2. The number of hydrogen-bond acceptors (Lipinski definition) is 6. The van der Waals surface area contributed by atoms with Crippen LogP contribution in [-0.4, -0.2) is 49.1 Å². The molecule has 7 heteroatoms. The molecule has 3 rings (SSSR count). The molecule has 0 saturated carbocycles. The van der Waals surface area contributed by atoms with Crippen molar-refractivity contribution in [3.63, 3.8) is 0 Å². The van der Waals surface area contributed by atoms with Gasteiger partial charge in [-0.3, -0.25) is 4.79 Å². The molecular weight excluding hydrogens is 294 g/mol. The Morgan fingerprint density at radius 1 is 1.48 bits per heavy atom. The number of esters is 1. The van der Waals surface area contributed by atoms with Crippen LogP contribution >= 0.6 is 11.8 Å². The highest BCUT2D eigenvalue weighted by Crippen LogP contribution is 2.37. The molecule has 0 bridgehead atoms. The molecule has 6 nitrogen and oxygen atoms in total. The molecule has 0 spiro atoms. The third kappa shape index (κ3) is 3.03. The van der Waals surface area contributed by atoms with Crippen LogP contribution in [0, 0.1) is 0 Å². The lowest BCUT2D eigenvalue weighted by Crippen LogP contribution is -3.13. The number of fused-ring (bicyclic) bond motifs is 1. The van der Waals surface area contributed by atoms with Gasteiger partial charge in [0.05, 0.1) is 19.2 Å². The number of phenols is 1. The van der Waals surface area contributed by atoms with E-state index in [1.165, 1.54) is 12.0 Å². The number of phenolic OH excluding ortho intramolecular Hbond substituents is 1. The molecule has 1 aromatic carbocycles. The maximum atomic E-state index is 11.6. The molecule has 0 aromatic heterocycles. The number of nitrogens with one attached hydrogen (secondary N) is 1. The summed E-state index contributed by atoms with van der Waals surface area (Å²) >= 11 is 1.63. The van der Waals surface area contributed by atoms with Crippen molar-refractivity contribution in [2.75, 3.05) is 32.7 Å². The van der Waals surface area contributed by atoms with Crippen LogP contribution in [0.5, 0.6) is 17.2 Å². The summed E-state index contributed by atoms with van der Waals surface area (Å²) in [6.45, 7) is 2.49. The molecule has 0 radical (unpaired) electrons. The SMILES string of the molecule is COC(=O)[C@H]1C[NH+](Cc2cc3c(cc2O)OCO3)CCS1. The maximum absolute atomic E-state index is 11.6. The second-order valence-corrected chi connectivity index (χ2v) is 6.41. The number of hydrogen-bond donors (Lipinski definition) is 2. The second kappa shape index (κ2) is 6.03. The van der Waals surface area contributed by atoms with Gasteiger partial charge >= 0.3 is 5.97 Å². The molecule has 0 amide bonds. The van der Waals surface area contributed by atoms with Crippen LogP contribution in [0.4, 0.5) is 0 Å². The molecular formula is C14H18NO5S+. The van der Waals surface area contributed by atoms with E-state index in [-0.39, 0.29) is 23.8 Å². The monoisotopic (exact) mass is 312 g/mol. The van der Waals surface area contributed by atoms with Gasteiger partial charge in [-0.2, -0.15) is 0 Å². The van der Waals surface area contributed by atoms with Crippen LogP contribution in [0.1, 0.15) is 5.56 Å². The number of carbonyl (C=O) groups is 1. The van der Waals surface area contributed by atoms with E-state index in [4.69, 9.17) is 14.2 Å². The number of rotatable bonds is 3. The Morgan fingerprint density at radius 3 is 3.00 bits per heavy atom. The average molecular weight is 312 g/mol. The van der Waals surface area contributed by atoms with E-state index in [2.05, 4.69) is 0 Å². The van der Waals surface area contributed by atoms with Gasteiger partial charge in [-0.05, 0) is 6.07 Å². The normalized spacial score (nSPS) is 23.9. The fourth-order valence-corrected chi connectivity index (χ4v) is 3.87. The summed E-state index contributed by atoms with van der Waals surface area (Å²) in [6, 6.07) is 3.41. The van der Waals surface area contributed by atoms with E-state index in [0.29, 0.717) is 24.6 Å². The van der Waals surface area contributed by atoms with E-state index >= 15 is 0 Å². The first kappa shape index (κ1) is 14.3. The predicted molar refractivity (Wildman–Crippen MR) is 76.9 cm³/mol. The van der Waals surface area contributed by atoms with Crippen LogP contribution in [0.3, 0.4) is 0 Å². The van der Waals surface area contributed by atoms with Gasteiger partial charge in [0.1, 0.15) is 18.8 Å². The summed E-state index contributed by atoms with van der Waals surface area (Å²) in [4.78, 5) is 12.9. The lowest BCUT2D eigenvalue weighted by atomic mass is 10.1. The maximum Gasteiger partial charge on any atom is 0.324 e. The van der Waals surface area contributed by atoms with Gasteiger partial charge in [0, 0.05) is 11.8 Å². The number of thioether (sulfide) groups is 1. The summed E-state index contributed by atoms with van der Waals surface area (Å²) < 4.78 is 15.4. The van der Waals surface area contributed by atoms with Crippen molar-refractivity contribution in [3.05, 3.63) is 17.7 Å². The summed E-state index contributed by atoms with van der Waals surface area (Å²) in [5, 5.41) is 9.95. The van der Waals surface area contributed by atoms with Gasteiger partial charge in [-0.1, -0.05) is 0 Å². The lowest BCUT2D eigenvalue weighted by molar-refractivity contribution is -0.911. The Kier molecular flexibility index (Phi) is 4.12. The van der Waals surface area contributed by atoms with Gasteiger partial charge in [-0.25, -0.2) is 0 Å². The first-order valence-corrected chi connectivity index (χ1v) is 7.86. The minimum absolute atomic E-state index is 0.130. The Bertz CT molecular complexity index is 550. The largest absolute Gasteiger partial charge is 0.507 e. The summed E-state index contributed by atoms with van der Waals surface area (Å²) in [7, 11) is 1.42. The molecule has 2 N–H and O–H groups in total. The topological polar surface area (TPSA) is 69.4 Å². The summed E-state index contributed by atoms with van der Waals surface area (Å²) in [5.41, 5.74) is 0.810. The fraction of sp³-hybridized carbons (Fsp3) is 0.500. The fourth-order valence-electron chi connectivity index (χ4n) is 2.60. The van der Waals surface area contributed by atoms with E-state index in [0.717, 1.165) is 17.9 Å². The number of methoxy groups -OCH3 is 1. The van der Waals surface area contributed by atoms with Gasteiger partial charge in [-0.15, -0.1) is 11.8 Å². The highest BCUT2D eigenvalue weighted by molar-refractivity contribution is 8.00. The zero-order valence-electron chi connectivity index (χ0n) is 11.8. The first-order valence-electron chi connectivity index (χ1n) is 6.82. The third-order valence-corrected chi connectivity index (χ3v) is 4.93. The lowest BCUT2D eigenvalue weighted by Gasteiger charge is -2.28. The van der Waals surface area contributed by atoms with Crippen molar-refractivity contribution in [3.8, 4) is 17.2 Å². The molecule has 1 unspecified atom stereocenters. The minimum atomic E-state index is -0.174. The highest BCUT2D eigenvalue weighted by atomic mass is 32.2. The van der Waals surface area contributed by atoms with Gasteiger partial charge < -0.3 is 24.2 Å². The number of benzene rings is 1. The summed E-state index contributed by atoms with van der Waals surface area (Å²) in [5.74, 6) is 2.18. The van der Waals surface area contributed by atoms with Crippen molar-refractivity contribution in [1.29, 1.82) is 0 Å². The predicted octanol–water partition coefficient (Wildman–Crippen LogP) is -0.206. The zero-order chi connectivity index (χ0) is 14.8. The highest BCUT2D eigenvalue weighted by Gasteiger charge is 2.31. The Labute approximate surface area is 127 Å². The zero-order valence-corrected chi connectivity index (χ0v) is 12.6. The van der Waals surface area contributed by atoms with Crippen molar-refractivity contribution in [2.24, 2.45) is 0 Å².